The number of aliphatic hydroxyl groups is 3. The highest BCUT2D eigenvalue weighted by atomic mass is 31.2. The Kier molecular flexibility index (Phi) is 7.57. The summed E-state index contributed by atoms with van der Waals surface area (Å²) in [6.45, 7) is 1.23. The predicted molar refractivity (Wildman–Crippen MR) is 69.3 cm³/mol. The van der Waals surface area contributed by atoms with Crippen LogP contribution in [0.2, 0.25) is 0 Å². The van der Waals surface area contributed by atoms with Gasteiger partial charge in [-0.1, -0.05) is 0 Å². The van der Waals surface area contributed by atoms with E-state index in [-0.39, 0.29) is 13.0 Å². The lowest BCUT2D eigenvalue weighted by atomic mass is 10.0. The highest BCUT2D eigenvalue weighted by Gasteiger charge is 2.36. The Morgan fingerprint density at radius 1 is 1.30 bits per heavy atom. The smallest absolute Gasteiger partial charge is 0.325 e. The molecule has 0 aliphatic carbocycles. The molecule has 8 nitrogen and oxygen atoms in total. The maximum absolute atomic E-state index is 10.8. The van der Waals surface area contributed by atoms with Crippen LogP contribution in [-0.4, -0.2) is 71.3 Å². The average molecular weight is 314 g/mol. The Morgan fingerprint density at radius 3 is 2.55 bits per heavy atom. The fourth-order valence-corrected chi connectivity index (χ4v) is 2.29. The molecule has 20 heavy (non-hydrogen) atoms. The van der Waals surface area contributed by atoms with Crippen LogP contribution in [0.4, 0.5) is 0 Å². The monoisotopic (exact) mass is 314 g/mol. The maximum Gasteiger partial charge on any atom is 0.325 e. The van der Waals surface area contributed by atoms with E-state index >= 15 is 0 Å². The van der Waals surface area contributed by atoms with Crippen molar-refractivity contribution in [1.82, 2.24) is 0 Å². The summed E-state index contributed by atoms with van der Waals surface area (Å²) in [6, 6.07) is 0. The summed E-state index contributed by atoms with van der Waals surface area (Å²) in [6.07, 6.45) is -2.35. The van der Waals surface area contributed by atoms with Crippen LogP contribution in [-0.2, 0) is 18.6 Å². The van der Waals surface area contributed by atoms with Gasteiger partial charge in [0.1, 0.15) is 12.2 Å². The molecule has 0 radical (unpaired) electrons. The van der Waals surface area contributed by atoms with Gasteiger partial charge in [-0.2, -0.15) is 0 Å². The molecule has 0 amide bonds. The van der Waals surface area contributed by atoms with Crippen LogP contribution in [0.5, 0.6) is 0 Å². The second-order valence-corrected chi connectivity index (χ2v) is 6.66. The molecule has 0 bridgehead atoms. The second kappa shape index (κ2) is 8.41. The van der Waals surface area contributed by atoms with Crippen molar-refractivity contribution in [1.29, 1.82) is 0 Å². The highest BCUT2D eigenvalue weighted by Crippen LogP contribution is 2.36. The summed E-state index contributed by atoms with van der Waals surface area (Å²) in [5.74, 6) is 0. The number of ether oxygens (including phenoxy) is 2. The lowest BCUT2D eigenvalue weighted by Crippen LogP contribution is -2.50. The van der Waals surface area contributed by atoms with Crippen molar-refractivity contribution in [3.05, 3.63) is 0 Å². The van der Waals surface area contributed by atoms with Gasteiger partial charge in [0.25, 0.3) is 0 Å². The number of hydrogen-bond donors (Lipinski definition) is 4. The van der Waals surface area contributed by atoms with Gasteiger partial charge in [0.15, 0.2) is 6.29 Å². The van der Waals surface area contributed by atoms with Crippen molar-refractivity contribution in [3.8, 4) is 0 Å². The first-order valence-electron chi connectivity index (χ1n) is 6.52. The number of unbranched alkanes of at least 4 members (excludes halogenated alkanes) is 1. The van der Waals surface area contributed by atoms with E-state index in [4.69, 9.17) is 24.0 Å². The van der Waals surface area contributed by atoms with Crippen LogP contribution in [0.1, 0.15) is 19.3 Å². The SMILES string of the molecule is CP(=O)(O)OCCCCO[C@H]1C[C@@H](O)[C@@H](O)C(CO)O1. The molecule has 4 N–H and O–H groups in total. The van der Waals surface area contributed by atoms with Crippen molar-refractivity contribution < 1.29 is 38.8 Å². The second-order valence-electron chi connectivity index (χ2n) is 4.79. The first kappa shape index (κ1) is 18.0. The molecule has 1 heterocycles. The maximum atomic E-state index is 10.8. The standard InChI is InChI=1S/C11H23O8P/c1-20(15,16)18-5-3-2-4-17-10-6-8(13)11(14)9(7-12)19-10/h8-14H,2-7H2,1H3,(H,15,16)/t8-,9?,10-,11-/m1/s1. The third kappa shape index (κ3) is 6.60. The van der Waals surface area contributed by atoms with E-state index in [1.54, 1.807) is 0 Å². The fourth-order valence-electron chi connectivity index (χ4n) is 1.83. The van der Waals surface area contributed by atoms with E-state index in [2.05, 4.69) is 0 Å². The van der Waals surface area contributed by atoms with Gasteiger partial charge in [-0.25, -0.2) is 0 Å². The third-order valence-corrected chi connectivity index (χ3v) is 3.55. The number of hydrogen-bond acceptors (Lipinski definition) is 7. The molecule has 5 atom stereocenters. The van der Waals surface area contributed by atoms with Crippen molar-refractivity contribution in [3.63, 3.8) is 0 Å². The van der Waals surface area contributed by atoms with Gasteiger partial charge in [-0.05, 0) is 12.8 Å². The molecule has 1 aliphatic heterocycles. The molecule has 2 unspecified atom stereocenters. The zero-order chi connectivity index (χ0) is 15.2. The number of rotatable bonds is 8. The lowest BCUT2D eigenvalue weighted by Gasteiger charge is -2.36. The Morgan fingerprint density at radius 2 is 1.95 bits per heavy atom. The van der Waals surface area contributed by atoms with Crippen LogP contribution >= 0.6 is 7.60 Å². The minimum atomic E-state index is -3.42. The van der Waals surface area contributed by atoms with Crippen molar-refractivity contribution in [2.45, 2.75) is 43.9 Å². The minimum Gasteiger partial charge on any atom is -0.394 e. The van der Waals surface area contributed by atoms with Crippen LogP contribution in [0.3, 0.4) is 0 Å². The summed E-state index contributed by atoms with van der Waals surface area (Å²) in [5.41, 5.74) is 0. The Bertz CT molecular complexity index is 320. The van der Waals surface area contributed by atoms with Crippen LogP contribution in [0.15, 0.2) is 0 Å². The van der Waals surface area contributed by atoms with Gasteiger partial charge in [-0.3, -0.25) is 4.57 Å². The Labute approximate surface area is 117 Å². The van der Waals surface area contributed by atoms with E-state index in [9.17, 15) is 14.8 Å². The first-order chi connectivity index (χ1) is 9.33. The summed E-state index contributed by atoms with van der Waals surface area (Å²) in [5, 5.41) is 28.1. The fraction of sp³-hybridized carbons (Fsp3) is 1.00. The molecule has 0 saturated carbocycles. The van der Waals surface area contributed by atoms with E-state index in [1.807, 2.05) is 0 Å². The van der Waals surface area contributed by atoms with E-state index in [1.165, 1.54) is 0 Å². The highest BCUT2D eigenvalue weighted by molar-refractivity contribution is 7.51. The summed E-state index contributed by atoms with van der Waals surface area (Å²) in [7, 11) is -3.42. The van der Waals surface area contributed by atoms with Gasteiger partial charge in [0.05, 0.1) is 19.3 Å². The molecule has 120 valence electrons. The van der Waals surface area contributed by atoms with E-state index in [0.29, 0.717) is 19.4 Å². The third-order valence-electron chi connectivity index (χ3n) is 2.89. The zero-order valence-corrected chi connectivity index (χ0v) is 12.3. The van der Waals surface area contributed by atoms with Gasteiger partial charge >= 0.3 is 7.60 Å². The van der Waals surface area contributed by atoms with E-state index < -0.39 is 38.8 Å². The normalized spacial score (nSPS) is 33.9. The molecule has 1 fully saturated rings. The molecular weight excluding hydrogens is 291 g/mol. The predicted octanol–water partition coefficient (Wildman–Crippen LogP) is -0.556. The first-order valence-corrected chi connectivity index (χ1v) is 8.55. The quantitative estimate of drug-likeness (QED) is 0.347. The summed E-state index contributed by atoms with van der Waals surface area (Å²) < 4.78 is 26.2. The zero-order valence-electron chi connectivity index (χ0n) is 11.4. The molecule has 1 saturated heterocycles. The molecule has 0 aromatic rings. The lowest BCUT2D eigenvalue weighted by molar-refractivity contribution is -0.256. The van der Waals surface area contributed by atoms with Crippen molar-refractivity contribution >= 4 is 7.60 Å². The molecule has 1 rings (SSSR count). The molecule has 0 aromatic carbocycles. The molecule has 0 aromatic heterocycles. The molecule has 0 spiro atoms. The van der Waals surface area contributed by atoms with Crippen molar-refractivity contribution in [2.75, 3.05) is 26.5 Å². The summed E-state index contributed by atoms with van der Waals surface area (Å²) in [4.78, 5) is 8.90. The Balaban J connectivity index is 2.14. The van der Waals surface area contributed by atoms with Crippen molar-refractivity contribution in [2.24, 2.45) is 0 Å². The largest absolute Gasteiger partial charge is 0.394 e. The van der Waals surface area contributed by atoms with Gasteiger partial charge in [0.2, 0.25) is 0 Å². The van der Waals surface area contributed by atoms with Gasteiger partial charge < -0.3 is 34.2 Å². The van der Waals surface area contributed by atoms with Gasteiger partial charge in [-0.15, -0.1) is 0 Å². The summed E-state index contributed by atoms with van der Waals surface area (Å²) >= 11 is 0. The van der Waals surface area contributed by atoms with Crippen LogP contribution < -0.4 is 0 Å². The minimum absolute atomic E-state index is 0.134. The molecular formula is C11H23O8P. The number of aliphatic hydroxyl groups excluding tert-OH is 3. The van der Waals surface area contributed by atoms with Gasteiger partial charge in [0, 0.05) is 19.7 Å². The molecule has 9 heteroatoms. The molecule has 1 aliphatic rings. The Hall–Kier alpha value is -0.0500. The topological polar surface area (TPSA) is 126 Å². The average Bonchev–Trinajstić information content (AvgIpc) is 2.36. The van der Waals surface area contributed by atoms with Crippen LogP contribution in [0.25, 0.3) is 0 Å². The van der Waals surface area contributed by atoms with Crippen LogP contribution in [0, 0.1) is 0 Å². The van der Waals surface area contributed by atoms with E-state index in [0.717, 1.165) is 6.66 Å².